The van der Waals surface area contributed by atoms with Gasteiger partial charge in [0.25, 0.3) is 0 Å². The summed E-state index contributed by atoms with van der Waals surface area (Å²) in [6.45, 7) is 10.8. The summed E-state index contributed by atoms with van der Waals surface area (Å²) in [6, 6.07) is 2.04. The van der Waals surface area contributed by atoms with Crippen LogP contribution >= 0.6 is 0 Å². The Labute approximate surface area is 156 Å². The van der Waals surface area contributed by atoms with Crippen LogP contribution in [0.15, 0.2) is 39.3 Å². The van der Waals surface area contributed by atoms with Crippen molar-refractivity contribution >= 4 is 11.7 Å². The molecular formula is C22H31NO3. The molecule has 142 valence electrons. The molecule has 1 saturated carbocycles. The van der Waals surface area contributed by atoms with Crippen molar-refractivity contribution in [1.29, 1.82) is 0 Å². The third kappa shape index (κ3) is 3.51. The van der Waals surface area contributed by atoms with E-state index in [2.05, 4.69) is 32.9 Å². The van der Waals surface area contributed by atoms with Crippen molar-refractivity contribution in [1.82, 2.24) is 0 Å². The smallest absolute Gasteiger partial charge is 0.331 e. The van der Waals surface area contributed by atoms with Crippen LogP contribution in [0.2, 0.25) is 0 Å². The van der Waals surface area contributed by atoms with E-state index in [9.17, 15) is 4.79 Å². The van der Waals surface area contributed by atoms with Crippen LogP contribution in [-0.4, -0.2) is 11.7 Å². The Morgan fingerprint density at radius 3 is 2.73 bits per heavy atom. The number of fused-ring (bicyclic) bond motifs is 1. The van der Waals surface area contributed by atoms with Gasteiger partial charge in [-0.2, -0.15) is 0 Å². The predicted octanol–water partition coefficient (Wildman–Crippen LogP) is 5.68. The minimum Gasteiger partial charge on any atom is -0.472 e. The molecule has 3 rings (SSSR count). The summed E-state index contributed by atoms with van der Waals surface area (Å²) in [5.74, 6) is 0.155. The minimum atomic E-state index is -0.360. The van der Waals surface area contributed by atoms with Gasteiger partial charge >= 0.3 is 5.97 Å². The summed E-state index contributed by atoms with van der Waals surface area (Å²) in [5, 5.41) is 4.24. The average molecular weight is 357 g/mol. The lowest BCUT2D eigenvalue weighted by Crippen LogP contribution is -2.47. The Morgan fingerprint density at radius 2 is 2.08 bits per heavy atom. The topological polar surface area (TPSA) is 51.8 Å². The van der Waals surface area contributed by atoms with E-state index in [0.29, 0.717) is 5.92 Å². The van der Waals surface area contributed by atoms with Crippen LogP contribution in [0, 0.1) is 16.7 Å². The van der Waals surface area contributed by atoms with Gasteiger partial charge < -0.3 is 9.25 Å². The van der Waals surface area contributed by atoms with Crippen LogP contribution in [0.25, 0.3) is 0 Å². The average Bonchev–Trinajstić information content (AvgIpc) is 3.06. The molecule has 0 aliphatic heterocycles. The van der Waals surface area contributed by atoms with E-state index in [1.165, 1.54) is 42.9 Å². The summed E-state index contributed by atoms with van der Waals surface area (Å²) in [4.78, 5) is 16.3. The lowest BCUT2D eigenvalue weighted by Gasteiger charge is -2.55. The van der Waals surface area contributed by atoms with Crippen molar-refractivity contribution in [3.63, 3.8) is 0 Å². The minimum absolute atomic E-state index is 0.185. The predicted molar refractivity (Wildman–Crippen MR) is 103 cm³/mol. The molecule has 0 amide bonds. The first kappa shape index (κ1) is 18.9. The van der Waals surface area contributed by atoms with Gasteiger partial charge in [-0.1, -0.05) is 37.9 Å². The molecule has 0 radical (unpaired) electrons. The van der Waals surface area contributed by atoms with Gasteiger partial charge in [0, 0.05) is 6.92 Å². The molecule has 2 aliphatic rings. The van der Waals surface area contributed by atoms with E-state index in [4.69, 9.17) is 9.25 Å². The van der Waals surface area contributed by atoms with Gasteiger partial charge in [-0.15, -0.1) is 0 Å². The Bertz CT molecular complexity index is 727. The standard InChI is InChI=1S/C22H31NO3/c1-15-18(8-7-17-9-12-25-14-17)22(5)11-6-10-21(3,4)20(22)13-19(15)23-26-16(2)24/h9,12,14,20H,6-8,10-11,13H2,1-5H3/b23-19-/t20-,22+/m0/s1. The summed E-state index contributed by atoms with van der Waals surface area (Å²) in [6.07, 6.45) is 10.1. The fourth-order valence-corrected chi connectivity index (χ4v) is 5.34. The van der Waals surface area contributed by atoms with Crippen molar-refractivity contribution in [3.8, 4) is 0 Å². The largest absolute Gasteiger partial charge is 0.472 e. The summed E-state index contributed by atoms with van der Waals surface area (Å²) < 4.78 is 5.23. The lowest BCUT2D eigenvalue weighted by molar-refractivity contribution is -0.141. The van der Waals surface area contributed by atoms with Crippen molar-refractivity contribution in [2.75, 3.05) is 0 Å². The van der Waals surface area contributed by atoms with Crippen LogP contribution in [0.4, 0.5) is 0 Å². The monoisotopic (exact) mass is 357 g/mol. The second kappa shape index (κ2) is 7.05. The molecule has 0 saturated heterocycles. The molecule has 2 aliphatic carbocycles. The SMILES string of the molecule is CC(=O)O/N=C1/C[C@H]2C(C)(C)CCC[C@]2(C)C(CCc2ccoc2)=C1C. The summed E-state index contributed by atoms with van der Waals surface area (Å²) in [7, 11) is 0. The number of oxime groups is 1. The molecule has 4 heteroatoms. The molecule has 2 atom stereocenters. The molecular weight excluding hydrogens is 326 g/mol. The number of hydrogen-bond donors (Lipinski definition) is 0. The van der Waals surface area contributed by atoms with E-state index < -0.39 is 0 Å². The number of aryl methyl sites for hydroxylation is 1. The second-order valence-electron chi connectivity index (χ2n) is 8.87. The maximum absolute atomic E-state index is 11.3. The fraction of sp³-hybridized carbons (Fsp3) is 0.636. The first-order chi connectivity index (χ1) is 12.2. The van der Waals surface area contributed by atoms with E-state index in [-0.39, 0.29) is 16.8 Å². The fourth-order valence-electron chi connectivity index (χ4n) is 5.34. The summed E-state index contributed by atoms with van der Waals surface area (Å²) >= 11 is 0. The number of rotatable bonds is 4. The molecule has 1 heterocycles. The Hall–Kier alpha value is -1.84. The number of carbonyl (C=O) groups is 1. The molecule has 1 fully saturated rings. The molecule has 26 heavy (non-hydrogen) atoms. The Balaban J connectivity index is 1.99. The van der Waals surface area contributed by atoms with E-state index >= 15 is 0 Å². The highest BCUT2D eigenvalue weighted by Gasteiger charge is 2.51. The van der Waals surface area contributed by atoms with Crippen molar-refractivity contribution < 1.29 is 14.0 Å². The second-order valence-corrected chi connectivity index (χ2v) is 8.87. The van der Waals surface area contributed by atoms with E-state index in [1.54, 1.807) is 6.26 Å². The maximum Gasteiger partial charge on any atom is 0.331 e. The third-order valence-electron chi connectivity index (χ3n) is 6.73. The first-order valence-corrected chi connectivity index (χ1v) is 9.70. The normalized spacial score (nSPS) is 29.6. The molecule has 4 nitrogen and oxygen atoms in total. The van der Waals surface area contributed by atoms with Crippen LogP contribution in [0.1, 0.15) is 72.3 Å². The number of furan rings is 1. The zero-order valence-corrected chi connectivity index (χ0v) is 16.7. The molecule has 0 aromatic carbocycles. The third-order valence-corrected chi connectivity index (χ3v) is 6.73. The van der Waals surface area contributed by atoms with E-state index in [1.807, 2.05) is 12.3 Å². The quantitative estimate of drug-likeness (QED) is 0.514. The van der Waals surface area contributed by atoms with Crippen molar-refractivity contribution in [2.24, 2.45) is 21.9 Å². The lowest BCUT2D eigenvalue weighted by atomic mass is 9.49. The zero-order chi connectivity index (χ0) is 18.9. The molecule has 0 spiro atoms. The Kier molecular flexibility index (Phi) is 5.14. The van der Waals surface area contributed by atoms with Gasteiger partial charge in [-0.3, -0.25) is 0 Å². The van der Waals surface area contributed by atoms with Crippen molar-refractivity contribution in [3.05, 3.63) is 35.3 Å². The van der Waals surface area contributed by atoms with Gasteiger partial charge in [0.15, 0.2) is 0 Å². The van der Waals surface area contributed by atoms with E-state index in [0.717, 1.165) is 25.0 Å². The highest BCUT2D eigenvalue weighted by atomic mass is 16.7. The summed E-state index contributed by atoms with van der Waals surface area (Å²) in [5.41, 5.74) is 5.31. The van der Waals surface area contributed by atoms with Gasteiger partial charge in [-0.05, 0) is 73.0 Å². The van der Waals surface area contributed by atoms with Gasteiger partial charge in [0.1, 0.15) is 0 Å². The number of hydrogen-bond acceptors (Lipinski definition) is 4. The van der Waals surface area contributed by atoms with Gasteiger partial charge in [0.05, 0.1) is 18.2 Å². The molecule has 1 aromatic heterocycles. The first-order valence-electron chi connectivity index (χ1n) is 9.70. The van der Waals surface area contributed by atoms with Gasteiger partial charge in [0.2, 0.25) is 0 Å². The highest BCUT2D eigenvalue weighted by molar-refractivity contribution is 6.01. The number of nitrogens with zero attached hydrogens (tertiary/aromatic N) is 1. The van der Waals surface area contributed by atoms with Crippen LogP contribution < -0.4 is 0 Å². The van der Waals surface area contributed by atoms with Crippen LogP contribution in [0.3, 0.4) is 0 Å². The number of allylic oxidation sites excluding steroid dienone is 2. The van der Waals surface area contributed by atoms with Crippen LogP contribution in [-0.2, 0) is 16.1 Å². The molecule has 0 bridgehead atoms. The van der Waals surface area contributed by atoms with Gasteiger partial charge in [-0.25, -0.2) is 4.79 Å². The molecule has 0 N–H and O–H groups in total. The van der Waals surface area contributed by atoms with Crippen molar-refractivity contribution in [2.45, 2.75) is 73.1 Å². The zero-order valence-electron chi connectivity index (χ0n) is 16.7. The van der Waals surface area contributed by atoms with Crippen LogP contribution in [0.5, 0.6) is 0 Å². The number of carbonyl (C=O) groups excluding carboxylic acids is 1. The molecule has 1 aromatic rings. The highest BCUT2D eigenvalue weighted by Crippen LogP contribution is 2.59. The molecule has 0 unspecified atom stereocenters. The maximum atomic E-state index is 11.3. The Morgan fingerprint density at radius 1 is 1.31 bits per heavy atom.